The maximum Gasteiger partial charge on any atom is 0.261 e. The van der Waals surface area contributed by atoms with E-state index < -0.39 is 6.04 Å². The molecule has 34 heavy (non-hydrogen) atoms. The van der Waals surface area contributed by atoms with Crippen LogP contribution in [0.25, 0.3) is 0 Å². The van der Waals surface area contributed by atoms with Gasteiger partial charge in [-0.1, -0.05) is 70.0 Å². The molecule has 5 nitrogen and oxygen atoms in total. The summed E-state index contributed by atoms with van der Waals surface area (Å²) >= 11 is 12.9. The summed E-state index contributed by atoms with van der Waals surface area (Å²) in [6.07, 6.45) is 0.386. The third-order valence-electron chi connectivity index (χ3n) is 5.11. The molecule has 0 aliphatic carbocycles. The summed E-state index contributed by atoms with van der Waals surface area (Å²) in [4.78, 5) is 28.2. The standard InChI is InChI=1S/C26H25Br2ClN2O3/c1-2-30-26(33)23(14-18-7-4-3-5-8-18)31(16-19-9-6-10-20(27)13-19)25(32)17-34-24-12-11-21(29)15-22(24)28/h3-13,15,23H,2,14,16-17H2,1H3,(H,30,33). The zero-order chi connectivity index (χ0) is 24.5. The van der Waals surface area contributed by atoms with Crippen LogP contribution in [0.2, 0.25) is 5.02 Å². The van der Waals surface area contributed by atoms with Crippen molar-refractivity contribution in [2.45, 2.75) is 25.9 Å². The number of rotatable bonds is 10. The van der Waals surface area contributed by atoms with Gasteiger partial charge in [-0.2, -0.15) is 0 Å². The van der Waals surface area contributed by atoms with Gasteiger partial charge in [-0.05, 0) is 64.3 Å². The Bertz CT molecular complexity index is 1130. The Kier molecular flexibility index (Phi) is 9.99. The number of nitrogens with zero attached hydrogens (tertiary/aromatic N) is 1. The van der Waals surface area contributed by atoms with E-state index >= 15 is 0 Å². The number of carbonyl (C=O) groups excluding carboxylic acids is 2. The van der Waals surface area contributed by atoms with Gasteiger partial charge in [-0.25, -0.2) is 0 Å². The lowest BCUT2D eigenvalue weighted by Crippen LogP contribution is -2.51. The van der Waals surface area contributed by atoms with Crippen LogP contribution in [0.5, 0.6) is 5.75 Å². The lowest BCUT2D eigenvalue weighted by atomic mass is 10.0. The summed E-state index contributed by atoms with van der Waals surface area (Å²) < 4.78 is 7.35. The highest BCUT2D eigenvalue weighted by Gasteiger charge is 2.30. The Balaban J connectivity index is 1.90. The van der Waals surface area contributed by atoms with Crippen molar-refractivity contribution in [3.05, 3.63) is 97.9 Å². The number of hydrogen-bond donors (Lipinski definition) is 1. The molecule has 0 aliphatic heterocycles. The van der Waals surface area contributed by atoms with E-state index in [1.807, 2.05) is 61.5 Å². The molecule has 1 atom stereocenters. The number of likely N-dealkylation sites (N-methyl/N-ethyl adjacent to an activating group) is 1. The minimum absolute atomic E-state index is 0.206. The van der Waals surface area contributed by atoms with E-state index in [9.17, 15) is 9.59 Å². The largest absolute Gasteiger partial charge is 0.483 e. The highest BCUT2D eigenvalue weighted by atomic mass is 79.9. The molecule has 0 saturated carbocycles. The van der Waals surface area contributed by atoms with Crippen molar-refractivity contribution < 1.29 is 14.3 Å². The molecule has 178 valence electrons. The average Bonchev–Trinajstić information content (AvgIpc) is 2.81. The van der Waals surface area contributed by atoms with Crippen molar-refractivity contribution in [3.63, 3.8) is 0 Å². The van der Waals surface area contributed by atoms with Crippen LogP contribution < -0.4 is 10.1 Å². The molecule has 8 heteroatoms. The number of amides is 2. The number of carbonyl (C=O) groups is 2. The molecule has 0 aromatic heterocycles. The van der Waals surface area contributed by atoms with E-state index in [0.29, 0.717) is 28.2 Å². The predicted octanol–water partition coefficient (Wildman–Crippen LogP) is 6.02. The second-order valence-electron chi connectivity index (χ2n) is 7.62. The molecule has 0 radical (unpaired) electrons. The summed E-state index contributed by atoms with van der Waals surface area (Å²) in [5.74, 6) is -0.00541. The normalized spacial score (nSPS) is 11.5. The van der Waals surface area contributed by atoms with Crippen LogP contribution in [0, 0.1) is 0 Å². The molecule has 2 amide bonds. The molecule has 3 aromatic rings. The first-order valence-electron chi connectivity index (χ1n) is 10.8. The topological polar surface area (TPSA) is 58.6 Å². The summed E-state index contributed by atoms with van der Waals surface area (Å²) in [7, 11) is 0. The minimum Gasteiger partial charge on any atom is -0.483 e. The third kappa shape index (κ3) is 7.58. The quantitative estimate of drug-likeness (QED) is 0.306. The van der Waals surface area contributed by atoms with Crippen LogP contribution in [-0.4, -0.2) is 35.9 Å². The Morgan fingerprint density at radius 1 is 1.00 bits per heavy atom. The Hall–Kier alpha value is -2.35. The highest BCUT2D eigenvalue weighted by Crippen LogP contribution is 2.28. The fraction of sp³-hybridized carbons (Fsp3) is 0.231. The van der Waals surface area contributed by atoms with Crippen LogP contribution in [-0.2, 0) is 22.6 Å². The van der Waals surface area contributed by atoms with Crippen molar-refractivity contribution in [2.24, 2.45) is 0 Å². The van der Waals surface area contributed by atoms with Gasteiger partial charge in [0.1, 0.15) is 11.8 Å². The molecule has 1 N–H and O–H groups in total. The molecular formula is C26H25Br2ClN2O3. The number of halogens is 3. The average molecular weight is 609 g/mol. The summed E-state index contributed by atoms with van der Waals surface area (Å²) in [6.45, 7) is 2.37. The van der Waals surface area contributed by atoms with Crippen molar-refractivity contribution in [2.75, 3.05) is 13.2 Å². The van der Waals surface area contributed by atoms with Gasteiger partial charge in [0.25, 0.3) is 5.91 Å². The molecule has 0 heterocycles. The highest BCUT2D eigenvalue weighted by molar-refractivity contribution is 9.10. The SMILES string of the molecule is CCNC(=O)C(Cc1ccccc1)N(Cc1cccc(Br)c1)C(=O)COc1ccc(Cl)cc1Br. The van der Waals surface area contributed by atoms with Gasteiger partial charge >= 0.3 is 0 Å². The van der Waals surface area contributed by atoms with E-state index in [1.165, 1.54) is 0 Å². The van der Waals surface area contributed by atoms with Crippen LogP contribution >= 0.6 is 43.5 Å². The van der Waals surface area contributed by atoms with E-state index in [0.717, 1.165) is 15.6 Å². The van der Waals surface area contributed by atoms with E-state index in [-0.39, 0.29) is 25.0 Å². The fourth-order valence-corrected chi connectivity index (χ4v) is 4.74. The zero-order valence-corrected chi connectivity index (χ0v) is 22.6. The van der Waals surface area contributed by atoms with Gasteiger partial charge in [0.05, 0.1) is 4.47 Å². The van der Waals surface area contributed by atoms with Gasteiger partial charge in [-0.3, -0.25) is 9.59 Å². The Morgan fingerprint density at radius 2 is 1.74 bits per heavy atom. The van der Waals surface area contributed by atoms with Gasteiger partial charge in [0, 0.05) is 29.0 Å². The number of nitrogens with one attached hydrogen (secondary N) is 1. The van der Waals surface area contributed by atoms with Crippen molar-refractivity contribution in [3.8, 4) is 5.75 Å². The van der Waals surface area contributed by atoms with Gasteiger partial charge in [0.2, 0.25) is 5.91 Å². The zero-order valence-electron chi connectivity index (χ0n) is 18.6. The van der Waals surface area contributed by atoms with Crippen LogP contribution in [0.15, 0.2) is 81.7 Å². The number of benzene rings is 3. The Labute approximate surface area is 221 Å². The summed E-state index contributed by atoms with van der Waals surface area (Å²) in [6, 6.07) is 21.8. The summed E-state index contributed by atoms with van der Waals surface area (Å²) in [5.41, 5.74) is 1.87. The second kappa shape index (κ2) is 12.9. The first-order valence-corrected chi connectivity index (χ1v) is 12.8. The molecule has 0 spiro atoms. The first-order chi connectivity index (χ1) is 16.4. The summed E-state index contributed by atoms with van der Waals surface area (Å²) in [5, 5.41) is 3.44. The number of ether oxygens (including phenoxy) is 1. The molecule has 0 saturated heterocycles. The lowest BCUT2D eigenvalue weighted by molar-refractivity contribution is -0.142. The predicted molar refractivity (Wildman–Crippen MR) is 142 cm³/mol. The first kappa shape index (κ1) is 26.3. The van der Waals surface area contributed by atoms with E-state index in [1.54, 1.807) is 23.1 Å². The minimum atomic E-state index is -0.703. The van der Waals surface area contributed by atoms with Crippen LogP contribution in [0.1, 0.15) is 18.1 Å². The third-order valence-corrected chi connectivity index (χ3v) is 6.46. The van der Waals surface area contributed by atoms with Gasteiger partial charge in [-0.15, -0.1) is 0 Å². The molecule has 1 unspecified atom stereocenters. The van der Waals surface area contributed by atoms with E-state index in [4.69, 9.17) is 16.3 Å². The second-order valence-corrected chi connectivity index (χ2v) is 9.82. The van der Waals surface area contributed by atoms with Crippen molar-refractivity contribution in [1.82, 2.24) is 10.2 Å². The Morgan fingerprint density at radius 3 is 2.41 bits per heavy atom. The van der Waals surface area contributed by atoms with Crippen LogP contribution in [0.3, 0.4) is 0 Å². The van der Waals surface area contributed by atoms with Gasteiger partial charge < -0.3 is 15.0 Å². The molecular weight excluding hydrogens is 584 g/mol. The van der Waals surface area contributed by atoms with Gasteiger partial charge in [0.15, 0.2) is 6.61 Å². The molecule has 0 aliphatic rings. The van der Waals surface area contributed by atoms with E-state index in [2.05, 4.69) is 37.2 Å². The number of hydrogen-bond acceptors (Lipinski definition) is 3. The molecule has 0 bridgehead atoms. The van der Waals surface area contributed by atoms with Crippen molar-refractivity contribution in [1.29, 1.82) is 0 Å². The monoisotopic (exact) mass is 606 g/mol. The molecule has 3 aromatic carbocycles. The van der Waals surface area contributed by atoms with Crippen molar-refractivity contribution >= 4 is 55.3 Å². The fourth-order valence-electron chi connectivity index (χ4n) is 3.49. The lowest BCUT2D eigenvalue weighted by Gasteiger charge is -2.31. The maximum atomic E-state index is 13.5. The maximum absolute atomic E-state index is 13.5. The smallest absolute Gasteiger partial charge is 0.261 e. The van der Waals surface area contributed by atoms with Crippen LogP contribution in [0.4, 0.5) is 0 Å². The molecule has 0 fully saturated rings. The molecule has 3 rings (SSSR count).